The number of methoxy groups -OCH3 is 1. The Morgan fingerprint density at radius 2 is 2.03 bits per heavy atom. The fourth-order valence-electron chi connectivity index (χ4n) is 3.31. The Balaban J connectivity index is 1.67. The number of aromatic nitrogens is 3. The highest BCUT2D eigenvalue weighted by Gasteiger charge is 2.16. The molecular formula is C24H22FN3O3S. The molecule has 32 heavy (non-hydrogen) atoms. The SMILES string of the molecule is CCOC(=O)c1ccc2c(c1)nc(SCc1ccc(OC)c(F)c1)n2Cc1ccccn1. The van der Waals surface area contributed by atoms with E-state index in [1.807, 2.05) is 30.3 Å². The minimum absolute atomic E-state index is 0.215. The van der Waals surface area contributed by atoms with Crippen molar-refractivity contribution in [3.63, 3.8) is 0 Å². The lowest BCUT2D eigenvalue weighted by atomic mass is 10.2. The van der Waals surface area contributed by atoms with E-state index in [-0.39, 0.29) is 11.7 Å². The molecule has 0 amide bonds. The maximum absolute atomic E-state index is 14.1. The molecule has 0 aliphatic carbocycles. The number of imidazole rings is 1. The minimum atomic E-state index is -0.397. The molecule has 0 fully saturated rings. The molecule has 164 valence electrons. The fraction of sp³-hybridized carbons (Fsp3) is 0.208. The number of hydrogen-bond donors (Lipinski definition) is 0. The Morgan fingerprint density at radius 3 is 2.75 bits per heavy atom. The van der Waals surface area contributed by atoms with Crippen LogP contribution in [0.5, 0.6) is 5.75 Å². The quantitative estimate of drug-likeness (QED) is 0.274. The van der Waals surface area contributed by atoms with E-state index in [9.17, 15) is 9.18 Å². The van der Waals surface area contributed by atoms with Gasteiger partial charge in [0.2, 0.25) is 0 Å². The number of fused-ring (bicyclic) bond motifs is 1. The van der Waals surface area contributed by atoms with Crippen LogP contribution in [0.1, 0.15) is 28.5 Å². The minimum Gasteiger partial charge on any atom is -0.494 e. The zero-order chi connectivity index (χ0) is 22.5. The summed E-state index contributed by atoms with van der Waals surface area (Å²) in [4.78, 5) is 21.3. The number of halogens is 1. The van der Waals surface area contributed by atoms with E-state index in [4.69, 9.17) is 14.5 Å². The monoisotopic (exact) mass is 451 g/mol. The van der Waals surface area contributed by atoms with Crippen LogP contribution in [0.2, 0.25) is 0 Å². The highest BCUT2D eigenvalue weighted by Crippen LogP contribution is 2.29. The third kappa shape index (κ3) is 4.75. The Hall–Kier alpha value is -3.39. The fourth-order valence-corrected chi connectivity index (χ4v) is 4.27. The number of nitrogens with zero attached hydrogens (tertiary/aromatic N) is 3. The molecule has 0 saturated carbocycles. The third-order valence-electron chi connectivity index (χ3n) is 4.85. The summed E-state index contributed by atoms with van der Waals surface area (Å²) in [6.07, 6.45) is 1.75. The number of esters is 1. The molecule has 0 aliphatic heterocycles. The largest absolute Gasteiger partial charge is 0.494 e. The molecule has 2 aromatic heterocycles. The second kappa shape index (κ2) is 9.82. The van der Waals surface area contributed by atoms with Crippen molar-refractivity contribution < 1.29 is 18.7 Å². The Labute approximate surface area is 189 Å². The predicted octanol–water partition coefficient (Wildman–Crippen LogP) is 5.10. The molecule has 0 spiro atoms. The van der Waals surface area contributed by atoms with Crippen LogP contribution in [0.4, 0.5) is 4.39 Å². The molecule has 6 nitrogen and oxygen atoms in total. The van der Waals surface area contributed by atoms with Gasteiger partial charge in [-0.15, -0.1) is 0 Å². The highest BCUT2D eigenvalue weighted by atomic mass is 32.2. The predicted molar refractivity (Wildman–Crippen MR) is 122 cm³/mol. The average Bonchev–Trinajstić information content (AvgIpc) is 3.15. The Morgan fingerprint density at radius 1 is 1.16 bits per heavy atom. The van der Waals surface area contributed by atoms with Gasteiger partial charge in [-0.25, -0.2) is 14.2 Å². The maximum Gasteiger partial charge on any atom is 0.338 e. The van der Waals surface area contributed by atoms with Crippen LogP contribution in [0.25, 0.3) is 11.0 Å². The summed E-state index contributed by atoms with van der Waals surface area (Å²) < 4.78 is 26.2. The molecule has 2 aromatic carbocycles. The van der Waals surface area contributed by atoms with Gasteiger partial charge in [0.05, 0.1) is 42.6 Å². The first kappa shape index (κ1) is 21.8. The summed E-state index contributed by atoms with van der Waals surface area (Å²) in [6, 6.07) is 16.0. The lowest BCUT2D eigenvalue weighted by Gasteiger charge is -2.09. The van der Waals surface area contributed by atoms with Crippen molar-refractivity contribution in [3.05, 3.63) is 83.4 Å². The zero-order valence-electron chi connectivity index (χ0n) is 17.7. The first-order valence-corrected chi connectivity index (χ1v) is 11.1. The molecule has 0 saturated heterocycles. The molecule has 0 N–H and O–H groups in total. The number of ether oxygens (including phenoxy) is 2. The Kier molecular flexibility index (Phi) is 6.70. The van der Waals surface area contributed by atoms with E-state index < -0.39 is 5.82 Å². The first-order valence-electron chi connectivity index (χ1n) is 10.1. The molecular weight excluding hydrogens is 429 g/mol. The summed E-state index contributed by atoms with van der Waals surface area (Å²) in [7, 11) is 1.44. The van der Waals surface area contributed by atoms with Crippen molar-refractivity contribution in [3.8, 4) is 5.75 Å². The molecule has 0 bridgehead atoms. The summed E-state index contributed by atoms with van der Waals surface area (Å²) in [5.41, 5.74) is 3.73. The number of thioether (sulfide) groups is 1. The van der Waals surface area contributed by atoms with Crippen LogP contribution in [0, 0.1) is 5.82 Å². The Bertz CT molecular complexity index is 1240. The second-order valence-corrected chi connectivity index (χ2v) is 7.93. The van der Waals surface area contributed by atoms with Crippen molar-refractivity contribution in [2.24, 2.45) is 0 Å². The highest BCUT2D eigenvalue weighted by molar-refractivity contribution is 7.98. The summed E-state index contributed by atoms with van der Waals surface area (Å²) in [5, 5.41) is 0.753. The van der Waals surface area contributed by atoms with Crippen LogP contribution >= 0.6 is 11.8 Å². The molecule has 0 radical (unpaired) electrons. The van der Waals surface area contributed by atoms with Gasteiger partial charge in [0.1, 0.15) is 0 Å². The molecule has 0 atom stereocenters. The zero-order valence-corrected chi connectivity index (χ0v) is 18.6. The number of rotatable bonds is 8. The lowest BCUT2D eigenvalue weighted by Crippen LogP contribution is -2.05. The summed E-state index contributed by atoms with van der Waals surface area (Å²) >= 11 is 1.49. The van der Waals surface area contributed by atoms with Gasteiger partial charge < -0.3 is 14.0 Å². The normalized spacial score (nSPS) is 11.0. The molecule has 0 unspecified atom stereocenters. The topological polar surface area (TPSA) is 66.2 Å². The van der Waals surface area contributed by atoms with Gasteiger partial charge in [0, 0.05) is 11.9 Å². The molecule has 4 aromatic rings. The van der Waals surface area contributed by atoms with Crippen molar-refractivity contribution in [1.82, 2.24) is 14.5 Å². The van der Waals surface area contributed by atoms with E-state index in [2.05, 4.69) is 9.55 Å². The van der Waals surface area contributed by atoms with Gasteiger partial charge in [0.15, 0.2) is 16.7 Å². The van der Waals surface area contributed by atoms with Crippen molar-refractivity contribution in [1.29, 1.82) is 0 Å². The van der Waals surface area contributed by atoms with E-state index in [1.54, 1.807) is 31.3 Å². The van der Waals surface area contributed by atoms with Crippen molar-refractivity contribution >= 4 is 28.8 Å². The van der Waals surface area contributed by atoms with Gasteiger partial charge in [-0.1, -0.05) is 23.9 Å². The standard InChI is InChI=1S/C24H22FN3O3S/c1-3-31-23(29)17-8-9-21-20(13-17)27-24(28(21)14-18-6-4-5-11-26-18)32-15-16-7-10-22(30-2)19(25)12-16/h4-13H,3,14-15H2,1-2H3. The van der Waals surface area contributed by atoms with Crippen molar-refractivity contribution in [2.75, 3.05) is 13.7 Å². The molecule has 2 heterocycles. The van der Waals surface area contributed by atoms with E-state index >= 15 is 0 Å². The number of benzene rings is 2. The van der Waals surface area contributed by atoms with E-state index in [0.29, 0.717) is 30.0 Å². The second-order valence-electron chi connectivity index (χ2n) is 6.98. The van der Waals surface area contributed by atoms with Crippen LogP contribution in [-0.2, 0) is 17.0 Å². The van der Waals surface area contributed by atoms with Crippen LogP contribution < -0.4 is 4.74 Å². The van der Waals surface area contributed by atoms with Gasteiger partial charge >= 0.3 is 5.97 Å². The summed E-state index contributed by atoms with van der Waals surface area (Å²) in [5.74, 6) is -0.0344. The maximum atomic E-state index is 14.1. The number of carbonyl (C=O) groups excluding carboxylic acids is 1. The number of pyridine rings is 1. The van der Waals surface area contributed by atoms with E-state index in [0.717, 1.165) is 21.9 Å². The number of hydrogen-bond acceptors (Lipinski definition) is 6. The number of carbonyl (C=O) groups is 1. The molecule has 4 rings (SSSR count). The summed E-state index contributed by atoms with van der Waals surface area (Å²) in [6.45, 7) is 2.61. The van der Waals surface area contributed by atoms with Gasteiger partial charge in [0.25, 0.3) is 0 Å². The molecule has 8 heteroatoms. The van der Waals surface area contributed by atoms with Gasteiger partial charge in [-0.2, -0.15) is 0 Å². The van der Waals surface area contributed by atoms with Gasteiger partial charge in [-0.3, -0.25) is 4.98 Å². The lowest BCUT2D eigenvalue weighted by molar-refractivity contribution is 0.0526. The average molecular weight is 452 g/mol. The first-order chi connectivity index (χ1) is 15.6. The third-order valence-corrected chi connectivity index (χ3v) is 5.90. The molecule has 0 aliphatic rings. The van der Waals surface area contributed by atoms with Crippen LogP contribution in [-0.4, -0.2) is 34.2 Å². The van der Waals surface area contributed by atoms with Gasteiger partial charge in [-0.05, 0) is 55.0 Å². The smallest absolute Gasteiger partial charge is 0.338 e. The van der Waals surface area contributed by atoms with Crippen LogP contribution in [0.3, 0.4) is 0 Å². The van der Waals surface area contributed by atoms with Crippen molar-refractivity contribution in [2.45, 2.75) is 24.4 Å². The van der Waals surface area contributed by atoms with E-state index in [1.165, 1.54) is 24.9 Å². The van der Waals surface area contributed by atoms with Crippen LogP contribution in [0.15, 0.2) is 66.0 Å².